The lowest BCUT2D eigenvalue weighted by Crippen LogP contribution is -2.29. The van der Waals surface area contributed by atoms with Gasteiger partial charge in [-0.15, -0.1) is 0 Å². The topological polar surface area (TPSA) is 54.0 Å². The van der Waals surface area contributed by atoms with E-state index in [1.807, 2.05) is 6.92 Å². The maximum absolute atomic E-state index is 12.6. The highest BCUT2D eigenvalue weighted by molar-refractivity contribution is 5.88. The first-order valence-corrected chi connectivity index (χ1v) is 4.37. The second-order valence-electron chi connectivity index (χ2n) is 2.77. The zero-order valence-corrected chi connectivity index (χ0v) is 7.88. The summed E-state index contributed by atoms with van der Waals surface area (Å²) in [6.07, 6.45) is 3.32. The number of aromatic nitrogens is 1. The van der Waals surface area contributed by atoms with Gasteiger partial charge in [-0.2, -0.15) is 0 Å². The molecule has 1 aromatic rings. The van der Waals surface area contributed by atoms with Gasteiger partial charge in [0.1, 0.15) is 5.82 Å². The van der Waals surface area contributed by atoms with Gasteiger partial charge in [0.15, 0.2) is 0 Å². The van der Waals surface area contributed by atoms with Crippen LogP contribution in [0.3, 0.4) is 0 Å². The molecule has 0 aliphatic rings. The van der Waals surface area contributed by atoms with Gasteiger partial charge in [0.25, 0.3) is 0 Å². The summed E-state index contributed by atoms with van der Waals surface area (Å²) in [5, 5.41) is 5.06. The number of anilines is 1. The van der Waals surface area contributed by atoms with E-state index in [2.05, 4.69) is 15.6 Å². The van der Waals surface area contributed by atoms with Crippen LogP contribution in [0.1, 0.15) is 13.3 Å². The molecule has 2 amide bonds. The van der Waals surface area contributed by atoms with E-state index >= 15 is 0 Å². The summed E-state index contributed by atoms with van der Waals surface area (Å²) in [4.78, 5) is 14.7. The lowest BCUT2D eigenvalue weighted by Gasteiger charge is -2.05. The molecule has 1 rings (SSSR count). The molecule has 0 spiro atoms. The van der Waals surface area contributed by atoms with Crippen molar-refractivity contribution < 1.29 is 9.18 Å². The summed E-state index contributed by atoms with van der Waals surface area (Å²) < 4.78 is 12.6. The van der Waals surface area contributed by atoms with Gasteiger partial charge in [-0.25, -0.2) is 9.18 Å². The van der Waals surface area contributed by atoms with Crippen LogP contribution in [0.4, 0.5) is 14.9 Å². The SMILES string of the molecule is CCCNC(=O)Nc1cncc(F)c1. The summed E-state index contributed by atoms with van der Waals surface area (Å²) in [5.74, 6) is -0.474. The van der Waals surface area contributed by atoms with E-state index in [1.165, 1.54) is 12.3 Å². The molecule has 0 aromatic carbocycles. The van der Waals surface area contributed by atoms with Crippen LogP contribution in [0.2, 0.25) is 0 Å². The average molecular weight is 197 g/mol. The third-order valence-corrected chi connectivity index (χ3v) is 1.50. The number of nitrogens with zero attached hydrogens (tertiary/aromatic N) is 1. The minimum Gasteiger partial charge on any atom is -0.338 e. The Balaban J connectivity index is 2.47. The van der Waals surface area contributed by atoms with Crippen molar-refractivity contribution in [3.63, 3.8) is 0 Å². The van der Waals surface area contributed by atoms with Crippen LogP contribution < -0.4 is 10.6 Å². The zero-order valence-electron chi connectivity index (χ0n) is 7.88. The zero-order chi connectivity index (χ0) is 10.4. The van der Waals surface area contributed by atoms with Crippen LogP contribution in [-0.4, -0.2) is 17.6 Å². The fourth-order valence-corrected chi connectivity index (χ4v) is 0.894. The summed E-state index contributed by atoms with van der Waals surface area (Å²) in [6.45, 7) is 2.54. The Morgan fingerprint density at radius 2 is 2.36 bits per heavy atom. The van der Waals surface area contributed by atoms with Gasteiger partial charge in [0.2, 0.25) is 0 Å². The van der Waals surface area contributed by atoms with Crippen LogP contribution in [0.15, 0.2) is 18.5 Å². The largest absolute Gasteiger partial charge is 0.338 e. The molecule has 5 heteroatoms. The number of hydrogen-bond acceptors (Lipinski definition) is 2. The second kappa shape index (κ2) is 5.16. The predicted octanol–water partition coefficient (Wildman–Crippen LogP) is 1.75. The molecular formula is C9H12FN3O. The van der Waals surface area contributed by atoms with Crippen molar-refractivity contribution in [2.24, 2.45) is 0 Å². The summed E-state index contributed by atoms with van der Waals surface area (Å²) in [6, 6.07) is 0.859. The number of hydrogen-bond donors (Lipinski definition) is 2. The minimum absolute atomic E-state index is 0.346. The van der Waals surface area contributed by atoms with Crippen molar-refractivity contribution in [3.8, 4) is 0 Å². The quantitative estimate of drug-likeness (QED) is 0.775. The molecule has 0 atom stereocenters. The fourth-order valence-electron chi connectivity index (χ4n) is 0.894. The van der Waals surface area contributed by atoms with E-state index in [9.17, 15) is 9.18 Å². The van der Waals surface area contributed by atoms with Gasteiger partial charge in [-0.1, -0.05) is 6.92 Å². The Labute approximate surface area is 81.5 Å². The Morgan fingerprint density at radius 3 is 3.00 bits per heavy atom. The van der Waals surface area contributed by atoms with E-state index in [0.717, 1.165) is 12.6 Å². The highest BCUT2D eigenvalue weighted by atomic mass is 19.1. The van der Waals surface area contributed by atoms with Gasteiger partial charge in [-0.05, 0) is 6.42 Å². The van der Waals surface area contributed by atoms with Crippen LogP contribution in [0.25, 0.3) is 0 Å². The molecule has 76 valence electrons. The van der Waals surface area contributed by atoms with E-state index in [4.69, 9.17) is 0 Å². The molecule has 0 saturated heterocycles. The van der Waals surface area contributed by atoms with Crippen LogP contribution in [0, 0.1) is 5.82 Å². The maximum Gasteiger partial charge on any atom is 0.319 e. The standard InChI is InChI=1S/C9H12FN3O/c1-2-3-12-9(14)13-8-4-7(10)5-11-6-8/h4-6H,2-3H2,1H3,(H2,12,13,14). The molecule has 0 aliphatic heterocycles. The van der Waals surface area contributed by atoms with E-state index in [1.54, 1.807) is 0 Å². The van der Waals surface area contributed by atoms with Crippen molar-refractivity contribution in [3.05, 3.63) is 24.3 Å². The maximum atomic E-state index is 12.6. The Morgan fingerprint density at radius 1 is 1.57 bits per heavy atom. The van der Waals surface area contributed by atoms with E-state index in [-0.39, 0.29) is 6.03 Å². The van der Waals surface area contributed by atoms with Gasteiger partial charge in [-0.3, -0.25) is 4.98 Å². The van der Waals surface area contributed by atoms with Gasteiger partial charge in [0.05, 0.1) is 18.1 Å². The van der Waals surface area contributed by atoms with Gasteiger partial charge < -0.3 is 10.6 Å². The number of nitrogens with one attached hydrogen (secondary N) is 2. The minimum atomic E-state index is -0.474. The number of carbonyl (C=O) groups is 1. The van der Waals surface area contributed by atoms with Crippen molar-refractivity contribution in [2.45, 2.75) is 13.3 Å². The first-order chi connectivity index (χ1) is 6.72. The molecule has 0 aliphatic carbocycles. The van der Waals surface area contributed by atoms with Crippen molar-refractivity contribution >= 4 is 11.7 Å². The molecule has 1 heterocycles. The molecule has 0 bridgehead atoms. The number of halogens is 1. The second-order valence-corrected chi connectivity index (χ2v) is 2.77. The lowest BCUT2D eigenvalue weighted by atomic mass is 10.4. The van der Waals surface area contributed by atoms with Crippen molar-refractivity contribution in [1.82, 2.24) is 10.3 Å². The molecule has 0 fully saturated rings. The molecule has 1 aromatic heterocycles. The highest BCUT2D eigenvalue weighted by Crippen LogP contribution is 2.05. The van der Waals surface area contributed by atoms with Crippen molar-refractivity contribution in [1.29, 1.82) is 0 Å². The number of carbonyl (C=O) groups excluding carboxylic acids is 1. The molecule has 4 nitrogen and oxygen atoms in total. The molecule has 2 N–H and O–H groups in total. The molecule has 0 radical (unpaired) electrons. The Bertz CT molecular complexity index is 317. The molecule has 0 saturated carbocycles. The van der Waals surface area contributed by atoms with E-state index in [0.29, 0.717) is 12.2 Å². The normalized spacial score (nSPS) is 9.57. The highest BCUT2D eigenvalue weighted by Gasteiger charge is 2.00. The fraction of sp³-hybridized carbons (Fsp3) is 0.333. The third kappa shape index (κ3) is 3.38. The van der Waals surface area contributed by atoms with Gasteiger partial charge in [0, 0.05) is 12.6 Å². The Kier molecular flexibility index (Phi) is 3.84. The lowest BCUT2D eigenvalue weighted by molar-refractivity contribution is 0.252. The molecule has 0 unspecified atom stereocenters. The summed E-state index contributed by atoms with van der Waals surface area (Å²) in [7, 11) is 0. The third-order valence-electron chi connectivity index (χ3n) is 1.50. The summed E-state index contributed by atoms with van der Waals surface area (Å²) >= 11 is 0. The monoisotopic (exact) mass is 197 g/mol. The first-order valence-electron chi connectivity index (χ1n) is 4.37. The molecular weight excluding hydrogens is 185 g/mol. The van der Waals surface area contributed by atoms with Gasteiger partial charge >= 0.3 is 6.03 Å². The Hall–Kier alpha value is -1.65. The number of amides is 2. The van der Waals surface area contributed by atoms with Crippen LogP contribution in [0.5, 0.6) is 0 Å². The number of pyridine rings is 1. The number of rotatable bonds is 3. The smallest absolute Gasteiger partial charge is 0.319 e. The van der Waals surface area contributed by atoms with Crippen LogP contribution >= 0.6 is 0 Å². The predicted molar refractivity (Wildman–Crippen MR) is 51.5 cm³/mol. The number of urea groups is 1. The molecule has 14 heavy (non-hydrogen) atoms. The average Bonchev–Trinajstić information content (AvgIpc) is 2.15. The van der Waals surface area contributed by atoms with Crippen molar-refractivity contribution in [2.75, 3.05) is 11.9 Å². The van der Waals surface area contributed by atoms with E-state index < -0.39 is 5.82 Å². The van der Waals surface area contributed by atoms with Crippen LogP contribution in [-0.2, 0) is 0 Å². The first kappa shape index (κ1) is 10.4. The summed E-state index contributed by atoms with van der Waals surface area (Å²) in [5.41, 5.74) is 0.346.